The largest absolute Gasteiger partial charge is 0.487 e. The molecular formula is C26H26N4O6S2. The molecule has 0 aliphatic heterocycles. The Morgan fingerprint density at radius 2 is 1.84 bits per heavy atom. The van der Waals surface area contributed by atoms with Crippen molar-refractivity contribution in [2.45, 2.75) is 50.6 Å². The monoisotopic (exact) mass is 554 g/mol. The molecule has 4 aromatic rings. The first kappa shape index (κ1) is 25.9. The molecule has 2 aromatic carbocycles. The fourth-order valence-corrected chi connectivity index (χ4v) is 6.84. The van der Waals surface area contributed by atoms with Gasteiger partial charge in [0, 0.05) is 18.0 Å². The lowest BCUT2D eigenvalue weighted by atomic mass is 10.1. The smallest absolute Gasteiger partial charge is 0.337 e. The van der Waals surface area contributed by atoms with Crippen molar-refractivity contribution in [2.24, 2.45) is 0 Å². The van der Waals surface area contributed by atoms with Gasteiger partial charge in [-0.2, -0.15) is 8.42 Å². The van der Waals surface area contributed by atoms with E-state index in [0.717, 1.165) is 47.3 Å². The molecule has 0 saturated carbocycles. The Morgan fingerprint density at radius 3 is 2.47 bits per heavy atom. The number of sulfonamides is 1. The van der Waals surface area contributed by atoms with Crippen molar-refractivity contribution in [3.8, 4) is 5.75 Å². The van der Waals surface area contributed by atoms with Crippen molar-refractivity contribution < 1.29 is 27.1 Å². The number of nitrogens with zero attached hydrogens (tertiary/aromatic N) is 4. The first-order valence-electron chi connectivity index (χ1n) is 11.9. The van der Waals surface area contributed by atoms with E-state index in [0.29, 0.717) is 28.6 Å². The fraction of sp³-hybridized carbons (Fsp3) is 0.308. The molecule has 1 aliphatic carbocycles. The molecule has 0 bridgehead atoms. The average Bonchev–Trinajstić information content (AvgIpc) is 3.66. The zero-order valence-electron chi connectivity index (χ0n) is 21.1. The van der Waals surface area contributed by atoms with Gasteiger partial charge in [0.25, 0.3) is 10.0 Å². The molecule has 198 valence electrons. The normalized spacial score (nSPS) is 12.8. The lowest BCUT2D eigenvalue weighted by molar-refractivity contribution is 0.0600. The Labute approximate surface area is 224 Å². The van der Waals surface area contributed by atoms with Crippen LogP contribution in [0.1, 0.15) is 50.9 Å². The van der Waals surface area contributed by atoms with E-state index >= 15 is 0 Å². The second-order valence-corrected chi connectivity index (χ2v) is 11.8. The standard InChI is InChI=1S/C26H26N4O6S2/c1-16-15-37-26(27-16)38(32,33)30(13-24-29-28-17(2)36-24)22-11-20-5-4-6-21(20)12-23(22)35-14-18-7-9-19(10-8-18)25(31)34-3/h7-12,15H,4-6,13-14H2,1-3H3. The number of hydrogen-bond donors (Lipinski definition) is 0. The summed E-state index contributed by atoms with van der Waals surface area (Å²) in [6.45, 7) is 3.38. The molecule has 10 nitrogen and oxygen atoms in total. The number of benzene rings is 2. The van der Waals surface area contributed by atoms with Crippen LogP contribution in [-0.2, 0) is 40.8 Å². The van der Waals surface area contributed by atoms with Crippen molar-refractivity contribution >= 4 is 33.0 Å². The summed E-state index contributed by atoms with van der Waals surface area (Å²) in [6, 6.07) is 10.6. The Bertz CT molecular complexity index is 1580. The van der Waals surface area contributed by atoms with E-state index in [1.165, 1.54) is 11.4 Å². The number of anilines is 1. The van der Waals surface area contributed by atoms with Crippen molar-refractivity contribution in [2.75, 3.05) is 11.4 Å². The van der Waals surface area contributed by atoms with Gasteiger partial charge in [0.15, 0.2) is 0 Å². The van der Waals surface area contributed by atoms with Crippen molar-refractivity contribution in [1.82, 2.24) is 15.2 Å². The van der Waals surface area contributed by atoms with E-state index in [1.807, 2.05) is 12.1 Å². The van der Waals surface area contributed by atoms with Crippen LogP contribution < -0.4 is 9.04 Å². The maximum Gasteiger partial charge on any atom is 0.337 e. The van der Waals surface area contributed by atoms with E-state index in [2.05, 4.69) is 15.2 Å². The number of carbonyl (C=O) groups excluding carboxylic acids is 1. The molecule has 0 atom stereocenters. The average molecular weight is 555 g/mol. The van der Waals surface area contributed by atoms with E-state index < -0.39 is 16.0 Å². The van der Waals surface area contributed by atoms with Crippen molar-refractivity contribution in [3.63, 3.8) is 0 Å². The molecule has 38 heavy (non-hydrogen) atoms. The number of aryl methyl sites for hydroxylation is 4. The van der Waals surface area contributed by atoms with Crippen LogP contribution in [0.2, 0.25) is 0 Å². The van der Waals surface area contributed by atoms with Gasteiger partial charge < -0.3 is 13.9 Å². The quantitative estimate of drug-likeness (QED) is 0.277. The molecule has 12 heteroatoms. The Kier molecular flexibility index (Phi) is 7.17. The zero-order chi connectivity index (χ0) is 26.9. The number of hydrogen-bond acceptors (Lipinski definition) is 10. The van der Waals surface area contributed by atoms with Crippen LogP contribution in [0.4, 0.5) is 5.69 Å². The summed E-state index contributed by atoms with van der Waals surface area (Å²) in [5.74, 6) is 0.483. The molecule has 2 aromatic heterocycles. The highest BCUT2D eigenvalue weighted by Crippen LogP contribution is 2.39. The predicted molar refractivity (Wildman–Crippen MR) is 140 cm³/mol. The highest BCUT2D eigenvalue weighted by atomic mass is 32.2. The second-order valence-electron chi connectivity index (χ2n) is 8.90. The number of carbonyl (C=O) groups is 1. The zero-order valence-corrected chi connectivity index (χ0v) is 22.8. The van der Waals surface area contributed by atoms with E-state index in [9.17, 15) is 13.2 Å². The van der Waals surface area contributed by atoms with Crippen LogP contribution in [0.5, 0.6) is 5.75 Å². The summed E-state index contributed by atoms with van der Waals surface area (Å²) in [4.78, 5) is 16.0. The third-order valence-corrected chi connectivity index (χ3v) is 9.28. The molecular weight excluding hydrogens is 528 g/mol. The molecule has 0 radical (unpaired) electrons. The highest BCUT2D eigenvalue weighted by Gasteiger charge is 2.33. The minimum atomic E-state index is -4.08. The summed E-state index contributed by atoms with van der Waals surface area (Å²) in [7, 11) is -2.75. The van der Waals surface area contributed by atoms with Crippen LogP contribution in [-0.4, -0.2) is 36.7 Å². The molecule has 2 heterocycles. The Hall–Kier alpha value is -3.77. The van der Waals surface area contributed by atoms with Gasteiger partial charge >= 0.3 is 5.97 Å². The maximum absolute atomic E-state index is 13.9. The highest BCUT2D eigenvalue weighted by molar-refractivity contribution is 7.94. The van der Waals surface area contributed by atoms with Crippen LogP contribution >= 0.6 is 11.3 Å². The minimum Gasteiger partial charge on any atom is -0.487 e. The van der Waals surface area contributed by atoms with Crippen LogP contribution in [0, 0.1) is 13.8 Å². The number of fused-ring (bicyclic) bond motifs is 1. The summed E-state index contributed by atoms with van der Waals surface area (Å²) in [5, 5.41) is 9.58. The Balaban J connectivity index is 1.54. The van der Waals surface area contributed by atoms with Crippen molar-refractivity contribution in [1.29, 1.82) is 0 Å². The number of thiazole rings is 1. The topological polar surface area (TPSA) is 125 Å². The van der Waals surface area contributed by atoms with Gasteiger partial charge in [-0.05, 0) is 67.1 Å². The van der Waals surface area contributed by atoms with Gasteiger partial charge in [0.05, 0.1) is 18.4 Å². The predicted octanol–water partition coefficient (Wildman–Crippen LogP) is 4.39. The van der Waals surface area contributed by atoms with Crippen LogP contribution in [0.15, 0.2) is 50.5 Å². The molecule has 0 fully saturated rings. The molecule has 1 aliphatic rings. The Morgan fingerprint density at radius 1 is 1.11 bits per heavy atom. The summed E-state index contributed by atoms with van der Waals surface area (Å²) in [6.07, 6.45) is 2.72. The van der Waals surface area contributed by atoms with Crippen LogP contribution in [0.3, 0.4) is 0 Å². The minimum absolute atomic E-state index is 0.0314. The third-order valence-electron chi connectivity index (χ3n) is 6.17. The fourth-order valence-electron chi connectivity index (χ4n) is 4.28. The number of esters is 1. The van der Waals surface area contributed by atoms with E-state index in [4.69, 9.17) is 13.9 Å². The number of rotatable bonds is 9. The number of aromatic nitrogens is 3. The number of ether oxygens (including phenoxy) is 2. The lowest BCUT2D eigenvalue weighted by Gasteiger charge is -2.25. The van der Waals surface area contributed by atoms with Gasteiger partial charge in [0.1, 0.15) is 18.9 Å². The lowest BCUT2D eigenvalue weighted by Crippen LogP contribution is -2.31. The van der Waals surface area contributed by atoms with Gasteiger partial charge in [0.2, 0.25) is 16.1 Å². The van der Waals surface area contributed by atoms with Crippen LogP contribution in [0.25, 0.3) is 0 Å². The molecule has 5 rings (SSSR count). The molecule has 0 unspecified atom stereocenters. The first-order chi connectivity index (χ1) is 18.2. The summed E-state index contributed by atoms with van der Waals surface area (Å²) < 4.78 is 45.5. The summed E-state index contributed by atoms with van der Waals surface area (Å²) >= 11 is 1.06. The molecule has 0 N–H and O–H groups in total. The van der Waals surface area contributed by atoms with Gasteiger partial charge in [-0.15, -0.1) is 21.5 Å². The second kappa shape index (κ2) is 10.5. The van der Waals surface area contributed by atoms with Gasteiger partial charge in [-0.25, -0.2) is 9.78 Å². The van der Waals surface area contributed by atoms with E-state index in [-0.39, 0.29) is 23.4 Å². The number of methoxy groups -OCH3 is 1. The maximum atomic E-state index is 13.9. The first-order valence-corrected chi connectivity index (χ1v) is 14.3. The summed E-state index contributed by atoms with van der Waals surface area (Å²) in [5.41, 5.74) is 4.43. The molecule has 0 spiro atoms. The SMILES string of the molecule is COC(=O)c1ccc(COc2cc3c(cc2N(Cc2nnc(C)o2)S(=O)(=O)c2nc(C)cs2)CCC3)cc1. The van der Waals surface area contributed by atoms with Crippen molar-refractivity contribution in [3.05, 3.63) is 81.5 Å². The van der Waals surface area contributed by atoms with Gasteiger partial charge in [-0.3, -0.25) is 4.31 Å². The molecule has 0 amide bonds. The molecule has 0 saturated heterocycles. The third kappa shape index (κ3) is 5.27. The van der Waals surface area contributed by atoms with E-state index in [1.54, 1.807) is 43.5 Å². The van der Waals surface area contributed by atoms with Gasteiger partial charge in [-0.1, -0.05) is 12.1 Å².